The summed E-state index contributed by atoms with van der Waals surface area (Å²) < 4.78 is 0. The second-order valence-corrected chi connectivity index (χ2v) is 8.93. The van der Waals surface area contributed by atoms with Crippen molar-refractivity contribution < 1.29 is 0 Å². The number of nitrogens with one attached hydrogen (secondary N) is 2. The lowest BCUT2D eigenvalue weighted by molar-refractivity contribution is 0.136. The number of nitrogens with zero attached hydrogens (tertiary/aromatic N) is 3. The minimum Gasteiger partial charge on any atom is -0.357 e. The molecule has 0 bridgehead atoms. The van der Waals surface area contributed by atoms with Gasteiger partial charge in [-0.05, 0) is 50.4 Å². The molecule has 5 heteroatoms. The van der Waals surface area contributed by atoms with E-state index >= 15 is 0 Å². The molecule has 180 valence electrons. The molecular formula is C28H43N5. The maximum Gasteiger partial charge on any atom is 0.191 e. The van der Waals surface area contributed by atoms with Gasteiger partial charge in [0.2, 0.25) is 0 Å². The highest BCUT2D eigenvalue weighted by molar-refractivity contribution is 5.79. The fourth-order valence-corrected chi connectivity index (χ4v) is 4.45. The molecule has 2 aromatic carbocycles. The summed E-state index contributed by atoms with van der Waals surface area (Å²) in [7, 11) is 0. The number of piperazine rings is 1. The van der Waals surface area contributed by atoms with Crippen molar-refractivity contribution in [1.29, 1.82) is 0 Å². The topological polar surface area (TPSA) is 42.9 Å². The van der Waals surface area contributed by atoms with Gasteiger partial charge < -0.3 is 20.4 Å². The lowest BCUT2D eigenvalue weighted by Crippen LogP contribution is -2.46. The van der Waals surface area contributed by atoms with Crippen LogP contribution in [0.1, 0.15) is 43.7 Å². The van der Waals surface area contributed by atoms with E-state index in [0.29, 0.717) is 5.92 Å². The van der Waals surface area contributed by atoms with Crippen molar-refractivity contribution in [2.24, 2.45) is 4.99 Å². The van der Waals surface area contributed by atoms with Gasteiger partial charge in [0.25, 0.3) is 0 Å². The molecule has 1 aliphatic rings. The normalized spacial score (nSPS) is 16.5. The molecule has 0 amide bonds. The Kier molecular flexibility index (Phi) is 11.3. The van der Waals surface area contributed by atoms with E-state index in [2.05, 4.69) is 94.9 Å². The summed E-state index contributed by atoms with van der Waals surface area (Å²) in [6.45, 7) is 14.3. The molecule has 5 nitrogen and oxygen atoms in total. The molecule has 2 aromatic rings. The van der Waals surface area contributed by atoms with Gasteiger partial charge in [0.05, 0.1) is 0 Å². The molecule has 33 heavy (non-hydrogen) atoms. The number of aliphatic imine (C=N–C) groups is 1. The molecule has 0 aromatic heterocycles. The average molecular weight is 450 g/mol. The summed E-state index contributed by atoms with van der Waals surface area (Å²) in [5.74, 6) is 1.30. The van der Waals surface area contributed by atoms with Crippen LogP contribution in [0.25, 0.3) is 0 Å². The number of guanidine groups is 1. The van der Waals surface area contributed by atoms with Crippen molar-refractivity contribution in [3.05, 3.63) is 71.8 Å². The van der Waals surface area contributed by atoms with Crippen LogP contribution in [-0.4, -0.2) is 74.7 Å². The SMILES string of the molecule is CCNC(=NCC(Cc1ccccc1)c1ccccc1)NCCCCN1CCN(CC)CC1. The van der Waals surface area contributed by atoms with Crippen LogP contribution in [0.15, 0.2) is 65.7 Å². The van der Waals surface area contributed by atoms with E-state index in [1.807, 2.05) is 0 Å². The van der Waals surface area contributed by atoms with Crippen LogP contribution >= 0.6 is 0 Å². The Balaban J connectivity index is 1.47. The van der Waals surface area contributed by atoms with Gasteiger partial charge in [-0.3, -0.25) is 4.99 Å². The second kappa shape index (κ2) is 14.7. The zero-order valence-electron chi connectivity index (χ0n) is 20.7. The highest BCUT2D eigenvalue weighted by Crippen LogP contribution is 2.21. The van der Waals surface area contributed by atoms with Gasteiger partial charge in [0.1, 0.15) is 0 Å². The molecule has 0 spiro atoms. The third-order valence-electron chi connectivity index (χ3n) is 6.52. The van der Waals surface area contributed by atoms with Gasteiger partial charge in [0.15, 0.2) is 5.96 Å². The fraction of sp³-hybridized carbons (Fsp3) is 0.536. The van der Waals surface area contributed by atoms with Crippen molar-refractivity contribution in [2.75, 3.05) is 58.9 Å². The highest BCUT2D eigenvalue weighted by atomic mass is 15.3. The van der Waals surface area contributed by atoms with Gasteiger partial charge in [-0.1, -0.05) is 67.6 Å². The van der Waals surface area contributed by atoms with E-state index in [0.717, 1.165) is 32.0 Å². The van der Waals surface area contributed by atoms with Crippen LogP contribution < -0.4 is 10.6 Å². The zero-order chi connectivity index (χ0) is 23.1. The molecule has 0 aliphatic carbocycles. The fourth-order valence-electron chi connectivity index (χ4n) is 4.45. The minimum absolute atomic E-state index is 0.367. The van der Waals surface area contributed by atoms with E-state index in [1.54, 1.807) is 0 Å². The van der Waals surface area contributed by atoms with Gasteiger partial charge >= 0.3 is 0 Å². The van der Waals surface area contributed by atoms with Gasteiger partial charge in [-0.25, -0.2) is 0 Å². The number of hydrogen-bond donors (Lipinski definition) is 2. The van der Waals surface area contributed by atoms with Crippen LogP contribution in [0.2, 0.25) is 0 Å². The van der Waals surface area contributed by atoms with Crippen LogP contribution in [0.4, 0.5) is 0 Å². The Bertz CT molecular complexity index is 784. The monoisotopic (exact) mass is 449 g/mol. The van der Waals surface area contributed by atoms with Gasteiger partial charge in [0, 0.05) is 51.7 Å². The van der Waals surface area contributed by atoms with Gasteiger partial charge in [-0.2, -0.15) is 0 Å². The Labute approximate surface area is 201 Å². The van der Waals surface area contributed by atoms with Crippen molar-refractivity contribution in [2.45, 2.75) is 39.0 Å². The standard InChI is InChI=1S/C28H43N5/c1-3-29-28(30-17-11-12-18-33-21-19-32(4-2)20-22-33)31-24-27(26-15-9-6-10-16-26)23-25-13-7-5-8-14-25/h5-10,13-16,27H,3-4,11-12,17-24H2,1-2H3,(H2,29,30,31). The summed E-state index contributed by atoms with van der Waals surface area (Å²) in [4.78, 5) is 10.1. The Morgan fingerprint density at radius 2 is 1.52 bits per heavy atom. The predicted molar refractivity (Wildman–Crippen MR) is 141 cm³/mol. The predicted octanol–water partition coefficient (Wildman–Crippen LogP) is 3.99. The third kappa shape index (κ3) is 9.18. The van der Waals surface area contributed by atoms with Crippen molar-refractivity contribution in [3.63, 3.8) is 0 Å². The van der Waals surface area contributed by atoms with Crippen molar-refractivity contribution in [3.8, 4) is 0 Å². The number of rotatable bonds is 12. The maximum absolute atomic E-state index is 4.97. The molecule has 3 rings (SSSR count). The summed E-state index contributed by atoms with van der Waals surface area (Å²) in [6, 6.07) is 21.5. The van der Waals surface area contributed by atoms with Gasteiger partial charge in [-0.15, -0.1) is 0 Å². The Hall–Kier alpha value is -2.37. The summed E-state index contributed by atoms with van der Waals surface area (Å²) >= 11 is 0. The first-order chi connectivity index (χ1) is 16.3. The molecule has 1 atom stereocenters. The largest absolute Gasteiger partial charge is 0.357 e. The first-order valence-corrected chi connectivity index (χ1v) is 12.8. The van der Waals surface area contributed by atoms with Crippen LogP contribution in [0.5, 0.6) is 0 Å². The first-order valence-electron chi connectivity index (χ1n) is 12.8. The van der Waals surface area contributed by atoms with E-state index in [9.17, 15) is 0 Å². The molecule has 0 radical (unpaired) electrons. The lowest BCUT2D eigenvalue weighted by atomic mass is 9.92. The number of hydrogen-bond acceptors (Lipinski definition) is 3. The highest BCUT2D eigenvalue weighted by Gasteiger charge is 2.15. The number of unbranched alkanes of at least 4 members (excludes halogenated alkanes) is 1. The zero-order valence-corrected chi connectivity index (χ0v) is 20.7. The Morgan fingerprint density at radius 1 is 0.848 bits per heavy atom. The first kappa shape index (κ1) is 25.3. The number of likely N-dealkylation sites (N-methyl/N-ethyl adjacent to an activating group) is 1. The molecular weight excluding hydrogens is 406 g/mol. The maximum atomic E-state index is 4.97. The van der Waals surface area contributed by atoms with E-state index in [1.165, 1.54) is 63.2 Å². The Morgan fingerprint density at radius 3 is 2.18 bits per heavy atom. The molecule has 1 unspecified atom stereocenters. The molecule has 0 saturated carbocycles. The summed E-state index contributed by atoms with van der Waals surface area (Å²) in [6.07, 6.45) is 3.41. The molecule has 1 aliphatic heterocycles. The van der Waals surface area contributed by atoms with Crippen molar-refractivity contribution >= 4 is 5.96 Å². The third-order valence-corrected chi connectivity index (χ3v) is 6.52. The van der Waals surface area contributed by atoms with E-state index in [-0.39, 0.29) is 0 Å². The summed E-state index contributed by atoms with van der Waals surface area (Å²) in [5, 5.41) is 6.99. The second-order valence-electron chi connectivity index (χ2n) is 8.93. The van der Waals surface area contributed by atoms with E-state index < -0.39 is 0 Å². The van der Waals surface area contributed by atoms with Crippen LogP contribution in [0.3, 0.4) is 0 Å². The smallest absolute Gasteiger partial charge is 0.191 e. The molecule has 1 saturated heterocycles. The van der Waals surface area contributed by atoms with Crippen molar-refractivity contribution in [1.82, 2.24) is 20.4 Å². The van der Waals surface area contributed by atoms with E-state index in [4.69, 9.17) is 4.99 Å². The quantitative estimate of drug-likeness (QED) is 0.292. The minimum atomic E-state index is 0.367. The van der Waals surface area contributed by atoms with Crippen LogP contribution in [0, 0.1) is 0 Å². The average Bonchev–Trinajstić information content (AvgIpc) is 2.87. The molecule has 2 N–H and O–H groups in total. The molecule has 1 fully saturated rings. The van der Waals surface area contributed by atoms with Crippen LogP contribution in [-0.2, 0) is 6.42 Å². The number of benzene rings is 2. The molecule has 1 heterocycles. The summed E-state index contributed by atoms with van der Waals surface area (Å²) in [5.41, 5.74) is 2.71. The lowest BCUT2D eigenvalue weighted by Gasteiger charge is -2.34.